The summed E-state index contributed by atoms with van der Waals surface area (Å²) < 4.78 is 8.34. The van der Waals surface area contributed by atoms with Crippen molar-refractivity contribution in [3.05, 3.63) is 114 Å². The third-order valence-electron chi connectivity index (χ3n) is 7.24. The predicted octanol–water partition coefficient (Wildman–Crippen LogP) is 9.36. The van der Waals surface area contributed by atoms with Gasteiger partial charge in [-0.05, 0) is 69.6 Å². The van der Waals surface area contributed by atoms with E-state index in [1.165, 1.54) is 47.3 Å². The summed E-state index contributed by atoms with van der Waals surface area (Å²) in [6, 6.07) is 32.1. The number of ether oxygens (including phenoxy) is 1. The fourth-order valence-electron chi connectivity index (χ4n) is 5.40. The number of benzene rings is 5. The van der Waals surface area contributed by atoms with E-state index in [0.717, 1.165) is 12.0 Å². The Morgan fingerprint density at radius 2 is 1.49 bits per heavy atom. The Labute approximate surface area is 220 Å². The molecule has 0 atom stereocenters. The molecule has 0 bridgehead atoms. The van der Waals surface area contributed by atoms with Gasteiger partial charge in [0.1, 0.15) is 5.75 Å². The Kier molecular flexibility index (Phi) is 5.62. The minimum atomic E-state index is -0.394. The summed E-state index contributed by atoms with van der Waals surface area (Å²) in [5, 5.41) is 7.76. The Bertz CT molecular complexity index is 1860. The van der Waals surface area contributed by atoms with Gasteiger partial charge in [-0.25, -0.2) is 4.79 Å². The highest BCUT2D eigenvalue weighted by Crippen LogP contribution is 2.47. The van der Waals surface area contributed by atoms with Gasteiger partial charge in [-0.2, -0.15) is 0 Å². The molecule has 0 unspecified atom stereocenters. The lowest BCUT2D eigenvalue weighted by atomic mass is 9.77. The average molecular weight is 501 g/mol. The summed E-state index contributed by atoms with van der Waals surface area (Å²) in [4.78, 5) is 12.3. The lowest BCUT2D eigenvalue weighted by molar-refractivity contribution is -0.130. The van der Waals surface area contributed by atoms with E-state index in [1.807, 2.05) is 29.5 Å². The van der Waals surface area contributed by atoms with Crippen LogP contribution in [-0.2, 0) is 16.6 Å². The van der Waals surface area contributed by atoms with Crippen molar-refractivity contribution < 1.29 is 9.53 Å². The van der Waals surface area contributed by atoms with Gasteiger partial charge in [0.15, 0.2) is 0 Å². The predicted molar refractivity (Wildman–Crippen MR) is 158 cm³/mol. The van der Waals surface area contributed by atoms with Crippen LogP contribution < -0.4 is 4.74 Å². The minimum absolute atomic E-state index is 0.218. The van der Waals surface area contributed by atoms with Gasteiger partial charge in [0.05, 0.1) is 0 Å². The minimum Gasteiger partial charge on any atom is -0.423 e. The molecule has 6 rings (SSSR count). The summed E-state index contributed by atoms with van der Waals surface area (Å²) in [6.45, 7) is 9.98. The molecule has 0 amide bonds. The number of esters is 1. The molecule has 0 radical (unpaired) electrons. The SMILES string of the molecule is C=C(C)C(=O)Oc1ccccc1CC(C)(C)c1cc2ccccc2c2c1sc1ccc3ccccc3c12. The van der Waals surface area contributed by atoms with E-state index < -0.39 is 5.97 Å². The maximum absolute atomic E-state index is 12.3. The van der Waals surface area contributed by atoms with Gasteiger partial charge < -0.3 is 4.74 Å². The van der Waals surface area contributed by atoms with Crippen molar-refractivity contribution >= 4 is 59.0 Å². The van der Waals surface area contributed by atoms with E-state index >= 15 is 0 Å². The molecule has 0 saturated heterocycles. The van der Waals surface area contributed by atoms with E-state index in [9.17, 15) is 4.79 Å². The van der Waals surface area contributed by atoms with Crippen LogP contribution in [-0.4, -0.2) is 5.97 Å². The highest BCUT2D eigenvalue weighted by molar-refractivity contribution is 7.26. The first-order chi connectivity index (χ1) is 17.8. The summed E-state index contributed by atoms with van der Waals surface area (Å²) in [5.74, 6) is 0.206. The van der Waals surface area contributed by atoms with Crippen LogP contribution in [0, 0.1) is 0 Å². The number of carbonyl (C=O) groups is 1. The molecule has 182 valence electrons. The molecule has 1 heterocycles. The zero-order valence-electron chi connectivity index (χ0n) is 21.3. The van der Waals surface area contributed by atoms with Crippen LogP contribution in [0.15, 0.2) is 103 Å². The zero-order valence-corrected chi connectivity index (χ0v) is 22.1. The molecule has 2 nitrogen and oxygen atoms in total. The smallest absolute Gasteiger partial charge is 0.338 e. The van der Waals surface area contributed by atoms with Crippen LogP contribution in [0.2, 0.25) is 0 Å². The summed E-state index contributed by atoms with van der Waals surface area (Å²) >= 11 is 1.88. The first-order valence-corrected chi connectivity index (χ1v) is 13.4. The van der Waals surface area contributed by atoms with Crippen LogP contribution in [0.4, 0.5) is 0 Å². The second-order valence-corrected chi connectivity index (χ2v) is 11.5. The molecule has 6 aromatic rings. The van der Waals surface area contributed by atoms with E-state index in [4.69, 9.17) is 4.74 Å². The molecule has 0 fully saturated rings. The summed E-state index contributed by atoms with van der Waals surface area (Å²) in [7, 11) is 0. The lowest BCUT2D eigenvalue weighted by Gasteiger charge is -2.28. The van der Waals surface area contributed by atoms with Crippen LogP contribution in [0.25, 0.3) is 41.7 Å². The first-order valence-electron chi connectivity index (χ1n) is 12.6. The molecular weight excluding hydrogens is 472 g/mol. The van der Waals surface area contributed by atoms with Gasteiger partial charge in [0.25, 0.3) is 0 Å². The third kappa shape index (κ3) is 4.00. The third-order valence-corrected chi connectivity index (χ3v) is 8.43. The molecule has 1 aromatic heterocycles. The zero-order chi connectivity index (χ0) is 25.7. The van der Waals surface area contributed by atoms with E-state index in [1.54, 1.807) is 6.92 Å². The highest BCUT2D eigenvalue weighted by atomic mass is 32.1. The van der Waals surface area contributed by atoms with Crippen molar-refractivity contribution in [2.45, 2.75) is 32.6 Å². The van der Waals surface area contributed by atoms with Gasteiger partial charge in [-0.3, -0.25) is 0 Å². The molecule has 37 heavy (non-hydrogen) atoms. The number of hydrogen-bond donors (Lipinski definition) is 0. The average Bonchev–Trinajstić information content (AvgIpc) is 3.29. The molecule has 3 heteroatoms. The van der Waals surface area contributed by atoms with Crippen molar-refractivity contribution in [2.75, 3.05) is 0 Å². The maximum atomic E-state index is 12.3. The number of carbonyl (C=O) groups excluding carboxylic acids is 1. The number of fused-ring (bicyclic) bond motifs is 7. The fraction of sp³-hybridized carbons (Fsp3) is 0.147. The van der Waals surface area contributed by atoms with Crippen LogP contribution >= 0.6 is 11.3 Å². The standard InChI is InChI=1S/C34H28O2S/c1-21(2)33(35)36-28-16-10-7-13-24(28)20-34(3,4)27-19-23-12-6-9-15-26(23)31-30-25-14-8-5-11-22(25)17-18-29(30)37-32(27)31/h5-19H,1,20H2,2-4H3. The van der Waals surface area contributed by atoms with E-state index in [-0.39, 0.29) is 5.41 Å². The monoisotopic (exact) mass is 500 g/mol. The molecule has 0 aliphatic heterocycles. The van der Waals surface area contributed by atoms with Crippen LogP contribution in [0.1, 0.15) is 31.9 Å². The van der Waals surface area contributed by atoms with Gasteiger partial charge in [0.2, 0.25) is 0 Å². The first kappa shape index (κ1) is 23.4. The van der Waals surface area contributed by atoms with Crippen molar-refractivity contribution in [2.24, 2.45) is 0 Å². The largest absolute Gasteiger partial charge is 0.423 e. The maximum Gasteiger partial charge on any atom is 0.338 e. The number of thiophene rings is 1. The number of hydrogen-bond acceptors (Lipinski definition) is 3. The Morgan fingerprint density at radius 3 is 2.24 bits per heavy atom. The molecule has 0 saturated carbocycles. The molecule has 0 N–H and O–H groups in total. The Morgan fingerprint density at radius 1 is 0.838 bits per heavy atom. The van der Waals surface area contributed by atoms with Crippen molar-refractivity contribution in [1.29, 1.82) is 0 Å². The topological polar surface area (TPSA) is 26.3 Å². The Balaban J connectivity index is 1.59. The summed E-state index contributed by atoms with van der Waals surface area (Å²) in [5.41, 5.74) is 2.50. The molecule has 0 spiro atoms. The quantitative estimate of drug-likeness (QED) is 0.134. The van der Waals surface area contributed by atoms with E-state index in [0.29, 0.717) is 11.3 Å². The van der Waals surface area contributed by atoms with Crippen molar-refractivity contribution in [3.63, 3.8) is 0 Å². The molecular formula is C34H28O2S. The highest BCUT2D eigenvalue weighted by Gasteiger charge is 2.28. The van der Waals surface area contributed by atoms with Gasteiger partial charge in [0, 0.05) is 25.7 Å². The number of rotatable bonds is 5. The second kappa shape index (κ2) is 8.86. The van der Waals surface area contributed by atoms with Crippen molar-refractivity contribution in [3.8, 4) is 5.75 Å². The molecule has 0 aliphatic carbocycles. The van der Waals surface area contributed by atoms with Crippen LogP contribution in [0.3, 0.4) is 0 Å². The molecule has 5 aromatic carbocycles. The normalized spacial score (nSPS) is 12.0. The van der Waals surface area contributed by atoms with Crippen LogP contribution in [0.5, 0.6) is 5.75 Å². The van der Waals surface area contributed by atoms with Gasteiger partial charge in [-0.15, -0.1) is 11.3 Å². The van der Waals surface area contributed by atoms with Gasteiger partial charge in [-0.1, -0.05) is 93.2 Å². The number of para-hydroxylation sites is 1. The van der Waals surface area contributed by atoms with Crippen molar-refractivity contribution in [1.82, 2.24) is 0 Å². The second-order valence-electron chi connectivity index (χ2n) is 10.4. The van der Waals surface area contributed by atoms with E-state index in [2.05, 4.69) is 93.2 Å². The lowest BCUT2D eigenvalue weighted by Crippen LogP contribution is -2.22. The van der Waals surface area contributed by atoms with Gasteiger partial charge >= 0.3 is 5.97 Å². The molecule has 0 aliphatic rings. The Hall–Kier alpha value is -3.95. The fourth-order valence-corrected chi connectivity index (χ4v) is 6.83. The summed E-state index contributed by atoms with van der Waals surface area (Å²) in [6.07, 6.45) is 0.731.